The summed E-state index contributed by atoms with van der Waals surface area (Å²) in [5, 5.41) is 11.2. The molecule has 2 aliphatic rings. The van der Waals surface area contributed by atoms with Crippen molar-refractivity contribution in [2.75, 3.05) is 0 Å². The van der Waals surface area contributed by atoms with Crippen molar-refractivity contribution in [3.05, 3.63) is 33.6 Å². The molecule has 0 fully saturated rings. The van der Waals surface area contributed by atoms with Gasteiger partial charge < -0.3 is 5.11 Å². The third kappa shape index (κ3) is 1.70. The lowest BCUT2D eigenvalue weighted by Gasteiger charge is -2.19. The predicted molar refractivity (Wildman–Crippen MR) is 76.1 cm³/mol. The zero-order valence-electron chi connectivity index (χ0n) is 11.1. The smallest absolute Gasteiger partial charge is 0.194 e. The summed E-state index contributed by atoms with van der Waals surface area (Å²) in [6, 6.07) is 2.14. The van der Waals surface area contributed by atoms with E-state index in [1.807, 2.05) is 11.3 Å². The Morgan fingerprint density at radius 1 is 1.32 bits per heavy atom. The lowest BCUT2D eigenvalue weighted by atomic mass is 9.95. The Kier molecular flexibility index (Phi) is 2.57. The Hall–Kier alpha value is -1.13. The van der Waals surface area contributed by atoms with Crippen LogP contribution in [0.2, 0.25) is 0 Å². The number of aliphatic hydroxyl groups excluding tert-OH is 1. The van der Waals surface area contributed by atoms with E-state index in [1.54, 1.807) is 0 Å². The first-order valence-electron chi connectivity index (χ1n) is 7.12. The summed E-state index contributed by atoms with van der Waals surface area (Å²) in [7, 11) is 0. The number of thiazole rings is 1. The molecular weight excluding hydrogens is 256 g/mol. The summed E-state index contributed by atoms with van der Waals surface area (Å²) in [6.45, 7) is 2.12. The van der Waals surface area contributed by atoms with Gasteiger partial charge in [0.2, 0.25) is 0 Å². The van der Waals surface area contributed by atoms with Gasteiger partial charge >= 0.3 is 0 Å². The summed E-state index contributed by atoms with van der Waals surface area (Å²) in [6.07, 6.45) is 6.33. The fourth-order valence-electron chi connectivity index (χ4n) is 3.42. The standard InChI is InChI=1S/C15H18N2OS/c1-9-8-10-12(5-3-6-13(10)18)17(9)15-16-11-4-2-7-14(11)19-15/h8,13,18H,2-7H2,1H3. The summed E-state index contributed by atoms with van der Waals surface area (Å²) in [5.41, 5.74) is 4.92. The molecule has 0 radical (unpaired) electrons. The van der Waals surface area contributed by atoms with E-state index in [-0.39, 0.29) is 6.10 Å². The maximum atomic E-state index is 10.1. The molecule has 19 heavy (non-hydrogen) atoms. The molecule has 2 heterocycles. The minimum atomic E-state index is -0.282. The zero-order chi connectivity index (χ0) is 13.0. The number of aromatic nitrogens is 2. The van der Waals surface area contributed by atoms with E-state index < -0.39 is 0 Å². The van der Waals surface area contributed by atoms with E-state index in [2.05, 4.69) is 17.6 Å². The Morgan fingerprint density at radius 3 is 3.05 bits per heavy atom. The van der Waals surface area contributed by atoms with Crippen LogP contribution in [-0.4, -0.2) is 14.7 Å². The second kappa shape index (κ2) is 4.18. The molecule has 4 heteroatoms. The summed E-state index contributed by atoms with van der Waals surface area (Å²) >= 11 is 1.84. The van der Waals surface area contributed by atoms with Crippen molar-refractivity contribution in [2.24, 2.45) is 0 Å². The number of hydrogen-bond donors (Lipinski definition) is 1. The highest BCUT2D eigenvalue weighted by Crippen LogP contribution is 2.36. The molecule has 0 amide bonds. The highest BCUT2D eigenvalue weighted by Gasteiger charge is 2.26. The van der Waals surface area contributed by atoms with E-state index in [1.165, 1.54) is 34.8 Å². The molecule has 1 N–H and O–H groups in total. The summed E-state index contributed by atoms with van der Waals surface area (Å²) in [4.78, 5) is 6.29. The quantitative estimate of drug-likeness (QED) is 0.867. The maximum Gasteiger partial charge on any atom is 0.194 e. The Labute approximate surface area is 116 Å². The number of hydrogen-bond acceptors (Lipinski definition) is 3. The molecule has 4 rings (SSSR count). The Bertz CT molecular complexity index is 619. The fourth-order valence-corrected chi connectivity index (χ4v) is 4.65. The van der Waals surface area contributed by atoms with Crippen LogP contribution in [-0.2, 0) is 19.3 Å². The molecule has 0 aliphatic heterocycles. The van der Waals surface area contributed by atoms with Gasteiger partial charge in [0.05, 0.1) is 11.8 Å². The van der Waals surface area contributed by atoms with Crippen molar-refractivity contribution in [1.82, 2.24) is 9.55 Å². The van der Waals surface area contributed by atoms with Crippen LogP contribution in [0, 0.1) is 6.92 Å². The Morgan fingerprint density at radius 2 is 2.21 bits per heavy atom. The molecule has 2 aliphatic carbocycles. The highest BCUT2D eigenvalue weighted by atomic mass is 32.1. The number of aliphatic hydroxyl groups is 1. The average molecular weight is 274 g/mol. The number of aryl methyl sites for hydroxylation is 3. The van der Waals surface area contributed by atoms with Crippen LogP contribution < -0.4 is 0 Å². The van der Waals surface area contributed by atoms with Crippen molar-refractivity contribution in [2.45, 2.75) is 51.6 Å². The molecule has 2 aromatic heterocycles. The van der Waals surface area contributed by atoms with Crippen LogP contribution in [0.3, 0.4) is 0 Å². The molecule has 3 nitrogen and oxygen atoms in total. The normalized spacial score (nSPS) is 21.5. The van der Waals surface area contributed by atoms with Gasteiger partial charge in [0.25, 0.3) is 0 Å². The van der Waals surface area contributed by atoms with Crippen LogP contribution in [0.15, 0.2) is 6.07 Å². The van der Waals surface area contributed by atoms with E-state index in [0.29, 0.717) is 0 Å². The molecule has 100 valence electrons. The molecule has 0 spiro atoms. The van der Waals surface area contributed by atoms with E-state index in [4.69, 9.17) is 4.98 Å². The molecule has 1 unspecified atom stereocenters. The first-order valence-corrected chi connectivity index (χ1v) is 7.94. The van der Waals surface area contributed by atoms with Gasteiger partial charge in [-0.3, -0.25) is 4.57 Å². The highest BCUT2D eigenvalue weighted by molar-refractivity contribution is 7.14. The van der Waals surface area contributed by atoms with Crippen LogP contribution in [0.1, 0.15) is 52.9 Å². The first kappa shape index (κ1) is 11.7. The van der Waals surface area contributed by atoms with Crippen molar-refractivity contribution >= 4 is 11.3 Å². The number of fused-ring (bicyclic) bond motifs is 2. The SMILES string of the molecule is Cc1cc2c(n1-c1nc3c(s1)CCC3)CCCC2O. The van der Waals surface area contributed by atoms with Crippen molar-refractivity contribution in [3.63, 3.8) is 0 Å². The largest absolute Gasteiger partial charge is 0.388 e. The van der Waals surface area contributed by atoms with Gasteiger partial charge in [0, 0.05) is 21.8 Å². The zero-order valence-corrected chi connectivity index (χ0v) is 12.0. The van der Waals surface area contributed by atoms with Crippen molar-refractivity contribution < 1.29 is 5.11 Å². The molecule has 0 aromatic carbocycles. The lowest BCUT2D eigenvalue weighted by Crippen LogP contribution is -2.11. The van der Waals surface area contributed by atoms with Gasteiger partial charge in [-0.2, -0.15) is 0 Å². The summed E-state index contributed by atoms with van der Waals surface area (Å²) < 4.78 is 2.28. The van der Waals surface area contributed by atoms with Gasteiger partial charge in [-0.05, 0) is 51.5 Å². The van der Waals surface area contributed by atoms with Crippen LogP contribution in [0.25, 0.3) is 5.13 Å². The van der Waals surface area contributed by atoms with E-state index >= 15 is 0 Å². The monoisotopic (exact) mass is 274 g/mol. The van der Waals surface area contributed by atoms with E-state index in [9.17, 15) is 5.11 Å². The summed E-state index contributed by atoms with van der Waals surface area (Å²) in [5.74, 6) is 0. The van der Waals surface area contributed by atoms with Crippen LogP contribution in [0.5, 0.6) is 0 Å². The number of nitrogens with zero attached hydrogens (tertiary/aromatic N) is 2. The van der Waals surface area contributed by atoms with Gasteiger partial charge in [-0.15, -0.1) is 11.3 Å². The topological polar surface area (TPSA) is 38.0 Å². The van der Waals surface area contributed by atoms with Crippen LogP contribution >= 0.6 is 11.3 Å². The van der Waals surface area contributed by atoms with Crippen LogP contribution in [0.4, 0.5) is 0 Å². The second-order valence-electron chi connectivity index (χ2n) is 5.65. The second-order valence-corrected chi connectivity index (χ2v) is 6.71. The molecular formula is C15H18N2OS. The molecule has 0 saturated heterocycles. The van der Waals surface area contributed by atoms with Gasteiger partial charge in [0.15, 0.2) is 5.13 Å². The molecule has 0 bridgehead atoms. The third-order valence-electron chi connectivity index (χ3n) is 4.35. The molecule has 0 saturated carbocycles. The fraction of sp³-hybridized carbons (Fsp3) is 0.533. The molecule has 2 aromatic rings. The minimum Gasteiger partial charge on any atom is -0.388 e. The van der Waals surface area contributed by atoms with Crippen molar-refractivity contribution in [3.8, 4) is 5.13 Å². The van der Waals surface area contributed by atoms with Gasteiger partial charge in [0.1, 0.15) is 0 Å². The minimum absolute atomic E-state index is 0.282. The number of rotatable bonds is 1. The van der Waals surface area contributed by atoms with E-state index in [0.717, 1.165) is 36.4 Å². The van der Waals surface area contributed by atoms with Gasteiger partial charge in [-0.1, -0.05) is 0 Å². The average Bonchev–Trinajstić information content (AvgIpc) is 3.00. The molecule has 1 atom stereocenters. The van der Waals surface area contributed by atoms with Crippen molar-refractivity contribution in [1.29, 1.82) is 0 Å². The predicted octanol–water partition coefficient (Wildman–Crippen LogP) is 3.10. The first-order chi connectivity index (χ1) is 9.24. The lowest BCUT2D eigenvalue weighted by molar-refractivity contribution is 0.156. The maximum absolute atomic E-state index is 10.1. The van der Waals surface area contributed by atoms with Gasteiger partial charge in [-0.25, -0.2) is 4.98 Å². The third-order valence-corrected chi connectivity index (χ3v) is 5.49. The Balaban J connectivity index is 1.86.